The molecule has 21 heavy (non-hydrogen) atoms. The molecule has 0 amide bonds. The maximum Gasteiger partial charge on any atom is 0.189 e. The van der Waals surface area contributed by atoms with Crippen molar-refractivity contribution in [3.05, 3.63) is 30.2 Å². The Bertz CT molecular complexity index is 609. The van der Waals surface area contributed by atoms with Gasteiger partial charge in [0.1, 0.15) is 0 Å². The summed E-state index contributed by atoms with van der Waals surface area (Å²) in [6.07, 6.45) is 11.1. The molecule has 2 aromatic rings. The van der Waals surface area contributed by atoms with Crippen molar-refractivity contribution >= 4 is 11.6 Å². The number of rotatable bonds is 3. The van der Waals surface area contributed by atoms with Gasteiger partial charge >= 0.3 is 0 Å². The number of nitrogens with one attached hydrogen (secondary N) is 1. The van der Waals surface area contributed by atoms with Crippen LogP contribution in [0.2, 0.25) is 0 Å². The Morgan fingerprint density at radius 2 is 2.05 bits per heavy atom. The van der Waals surface area contributed by atoms with Gasteiger partial charge in [-0.1, -0.05) is 25.7 Å². The van der Waals surface area contributed by atoms with E-state index < -0.39 is 0 Å². The van der Waals surface area contributed by atoms with E-state index in [9.17, 15) is 0 Å². The lowest BCUT2D eigenvalue weighted by atomic mass is 10.1. The van der Waals surface area contributed by atoms with Crippen LogP contribution in [0.3, 0.4) is 0 Å². The predicted molar refractivity (Wildman–Crippen MR) is 82.9 cm³/mol. The van der Waals surface area contributed by atoms with E-state index in [4.69, 9.17) is 5.73 Å². The number of aliphatic imine (C=N–C) groups is 1. The molecule has 2 aromatic heterocycles. The van der Waals surface area contributed by atoms with Crippen molar-refractivity contribution in [1.82, 2.24) is 19.9 Å². The standard InChI is InChI=1S/C15H22N6/c16-15(20-12-5-3-1-2-4-6-12)18-11-13-7-9-17-14-8-10-19-21(13)14/h7-10,12H,1-6,11H2,(H3,16,18,20). The lowest BCUT2D eigenvalue weighted by molar-refractivity contribution is 0.530. The largest absolute Gasteiger partial charge is 0.370 e. The van der Waals surface area contributed by atoms with Crippen LogP contribution >= 0.6 is 0 Å². The Hall–Kier alpha value is -2.11. The molecule has 0 radical (unpaired) electrons. The fraction of sp³-hybridized carbons (Fsp3) is 0.533. The molecule has 6 nitrogen and oxygen atoms in total. The van der Waals surface area contributed by atoms with E-state index in [-0.39, 0.29) is 0 Å². The first-order chi connectivity index (χ1) is 10.3. The van der Waals surface area contributed by atoms with E-state index in [1.807, 2.05) is 12.1 Å². The van der Waals surface area contributed by atoms with Crippen LogP contribution in [0.25, 0.3) is 5.65 Å². The summed E-state index contributed by atoms with van der Waals surface area (Å²) in [6.45, 7) is 0.506. The minimum absolute atomic E-state index is 0.471. The maximum atomic E-state index is 6.02. The van der Waals surface area contributed by atoms with Crippen LogP contribution in [0.1, 0.15) is 44.2 Å². The second kappa shape index (κ2) is 6.56. The first kappa shape index (κ1) is 13.9. The van der Waals surface area contributed by atoms with Gasteiger partial charge in [-0.25, -0.2) is 14.5 Å². The maximum absolute atomic E-state index is 6.02. The van der Waals surface area contributed by atoms with Gasteiger partial charge < -0.3 is 11.1 Å². The molecular weight excluding hydrogens is 264 g/mol. The average Bonchev–Trinajstić information content (AvgIpc) is 2.83. The van der Waals surface area contributed by atoms with Crippen molar-refractivity contribution in [2.75, 3.05) is 0 Å². The topological polar surface area (TPSA) is 80.6 Å². The zero-order valence-electron chi connectivity index (χ0n) is 12.2. The molecule has 0 bridgehead atoms. The molecule has 2 heterocycles. The zero-order valence-corrected chi connectivity index (χ0v) is 12.2. The van der Waals surface area contributed by atoms with Gasteiger partial charge in [-0.2, -0.15) is 5.10 Å². The van der Waals surface area contributed by atoms with Crippen LogP contribution in [0, 0.1) is 0 Å². The molecule has 112 valence electrons. The third-order valence-electron chi connectivity index (χ3n) is 3.99. The molecule has 1 fully saturated rings. The van der Waals surface area contributed by atoms with Gasteiger partial charge in [0.2, 0.25) is 0 Å². The highest BCUT2D eigenvalue weighted by atomic mass is 15.3. The summed E-state index contributed by atoms with van der Waals surface area (Å²) in [6, 6.07) is 4.27. The van der Waals surface area contributed by atoms with Crippen LogP contribution in [0.4, 0.5) is 0 Å². The fourth-order valence-corrected chi connectivity index (χ4v) is 2.85. The van der Waals surface area contributed by atoms with Crippen LogP contribution < -0.4 is 11.1 Å². The van der Waals surface area contributed by atoms with Crippen molar-refractivity contribution in [1.29, 1.82) is 0 Å². The Morgan fingerprint density at radius 1 is 1.24 bits per heavy atom. The second-order valence-corrected chi connectivity index (χ2v) is 5.57. The van der Waals surface area contributed by atoms with Crippen molar-refractivity contribution in [3.8, 4) is 0 Å². The molecule has 1 aliphatic carbocycles. The Labute approximate surface area is 124 Å². The number of fused-ring (bicyclic) bond motifs is 1. The first-order valence-corrected chi connectivity index (χ1v) is 7.67. The quantitative estimate of drug-likeness (QED) is 0.512. The summed E-state index contributed by atoms with van der Waals surface area (Å²) in [5, 5.41) is 7.60. The summed E-state index contributed by atoms with van der Waals surface area (Å²) in [5.74, 6) is 0.527. The zero-order chi connectivity index (χ0) is 14.5. The van der Waals surface area contributed by atoms with Gasteiger partial charge in [0, 0.05) is 18.3 Å². The molecule has 0 saturated heterocycles. The summed E-state index contributed by atoms with van der Waals surface area (Å²) in [7, 11) is 0. The third-order valence-corrected chi connectivity index (χ3v) is 3.99. The minimum atomic E-state index is 0.471. The number of nitrogens with two attached hydrogens (primary N) is 1. The van der Waals surface area contributed by atoms with Gasteiger partial charge in [0.25, 0.3) is 0 Å². The third kappa shape index (κ3) is 3.51. The molecule has 0 unspecified atom stereocenters. The second-order valence-electron chi connectivity index (χ2n) is 5.57. The normalized spacial score (nSPS) is 17.8. The summed E-state index contributed by atoms with van der Waals surface area (Å²) in [5.41, 5.74) is 7.83. The van der Waals surface area contributed by atoms with E-state index in [2.05, 4.69) is 20.4 Å². The van der Waals surface area contributed by atoms with Gasteiger partial charge in [-0.15, -0.1) is 0 Å². The van der Waals surface area contributed by atoms with Crippen LogP contribution in [-0.4, -0.2) is 26.6 Å². The van der Waals surface area contributed by atoms with Gasteiger partial charge in [-0.3, -0.25) is 0 Å². The lowest BCUT2D eigenvalue weighted by Crippen LogP contribution is -2.39. The highest BCUT2D eigenvalue weighted by Crippen LogP contribution is 2.17. The smallest absolute Gasteiger partial charge is 0.189 e. The van der Waals surface area contributed by atoms with Gasteiger partial charge in [-0.05, 0) is 18.9 Å². The molecule has 0 aliphatic heterocycles. The molecular formula is C15H22N6. The number of nitrogens with zero attached hydrogens (tertiary/aromatic N) is 4. The molecule has 0 spiro atoms. The Balaban J connectivity index is 1.63. The van der Waals surface area contributed by atoms with Gasteiger partial charge in [0.15, 0.2) is 11.6 Å². The summed E-state index contributed by atoms with van der Waals surface area (Å²) in [4.78, 5) is 8.68. The molecule has 1 saturated carbocycles. The van der Waals surface area contributed by atoms with Crippen molar-refractivity contribution in [2.45, 2.75) is 51.1 Å². The summed E-state index contributed by atoms with van der Waals surface area (Å²) < 4.78 is 1.79. The SMILES string of the molecule is NC(=NCc1ccnc2ccnn12)NC1CCCCCC1. The van der Waals surface area contributed by atoms with Crippen molar-refractivity contribution in [3.63, 3.8) is 0 Å². The van der Waals surface area contributed by atoms with Crippen LogP contribution in [0.5, 0.6) is 0 Å². The number of aromatic nitrogens is 3. The highest BCUT2D eigenvalue weighted by Gasteiger charge is 2.12. The highest BCUT2D eigenvalue weighted by molar-refractivity contribution is 5.78. The average molecular weight is 286 g/mol. The monoisotopic (exact) mass is 286 g/mol. The first-order valence-electron chi connectivity index (χ1n) is 7.67. The molecule has 6 heteroatoms. The number of hydrogen-bond donors (Lipinski definition) is 2. The molecule has 3 N–H and O–H groups in total. The number of guanidine groups is 1. The van der Waals surface area contributed by atoms with Crippen molar-refractivity contribution < 1.29 is 0 Å². The van der Waals surface area contributed by atoms with Crippen molar-refractivity contribution in [2.24, 2.45) is 10.7 Å². The van der Waals surface area contributed by atoms with E-state index >= 15 is 0 Å². The van der Waals surface area contributed by atoms with E-state index in [1.165, 1.54) is 38.5 Å². The van der Waals surface area contributed by atoms with Gasteiger partial charge in [0.05, 0.1) is 18.4 Å². The lowest BCUT2D eigenvalue weighted by Gasteiger charge is -2.16. The number of hydrogen-bond acceptors (Lipinski definition) is 3. The molecule has 0 aromatic carbocycles. The van der Waals surface area contributed by atoms with Crippen LogP contribution in [-0.2, 0) is 6.54 Å². The van der Waals surface area contributed by atoms with E-state index in [0.29, 0.717) is 18.5 Å². The molecule has 3 rings (SSSR count). The molecule has 1 aliphatic rings. The Morgan fingerprint density at radius 3 is 2.86 bits per heavy atom. The van der Waals surface area contributed by atoms with E-state index in [0.717, 1.165) is 11.3 Å². The van der Waals surface area contributed by atoms with Crippen LogP contribution in [0.15, 0.2) is 29.5 Å². The fourth-order valence-electron chi connectivity index (χ4n) is 2.85. The summed E-state index contributed by atoms with van der Waals surface area (Å²) >= 11 is 0. The molecule has 0 atom stereocenters. The minimum Gasteiger partial charge on any atom is -0.370 e. The Kier molecular flexibility index (Phi) is 4.33. The van der Waals surface area contributed by atoms with E-state index in [1.54, 1.807) is 16.9 Å². The predicted octanol–water partition coefficient (Wildman–Crippen LogP) is 1.86.